The van der Waals surface area contributed by atoms with E-state index in [4.69, 9.17) is 14.5 Å². The van der Waals surface area contributed by atoms with Crippen molar-refractivity contribution in [1.82, 2.24) is 24.7 Å². The van der Waals surface area contributed by atoms with Gasteiger partial charge in [0.1, 0.15) is 0 Å². The highest BCUT2D eigenvalue weighted by Gasteiger charge is 2.16. The summed E-state index contributed by atoms with van der Waals surface area (Å²) in [6.45, 7) is 1.94. The Balaban J connectivity index is 1.88. The number of pyridine rings is 2. The fraction of sp³-hybridized carbons (Fsp3) is 0.167. The van der Waals surface area contributed by atoms with E-state index in [9.17, 15) is 5.11 Å². The highest BCUT2D eigenvalue weighted by Crippen LogP contribution is 2.35. The van der Waals surface area contributed by atoms with Crippen molar-refractivity contribution in [1.29, 1.82) is 0 Å². The van der Waals surface area contributed by atoms with Gasteiger partial charge in [-0.25, -0.2) is 9.97 Å². The zero-order valence-electron chi connectivity index (χ0n) is 14.5. The van der Waals surface area contributed by atoms with E-state index >= 15 is 0 Å². The van der Waals surface area contributed by atoms with Gasteiger partial charge in [0.15, 0.2) is 5.75 Å². The minimum Gasteiger partial charge on any atom is -0.494 e. The molecule has 0 aliphatic heterocycles. The molecular weight excluding hydrogens is 334 g/mol. The maximum Gasteiger partial charge on any atom is 0.256 e. The molecule has 8 heteroatoms. The third-order valence-electron chi connectivity index (χ3n) is 4.23. The molecule has 26 heavy (non-hydrogen) atoms. The fourth-order valence-corrected chi connectivity index (χ4v) is 2.94. The molecule has 0 aliphatic carbocycles. The smallest absolute Gasteiger partial charge is 0.256 e. The topological polar surface area (TPSA) is 98.1 Å². The van der Waals surface area contributed by atoms with Crippen molar-refractivity contribution in [2.75, 3.05) is 14.2 Å². The molecule has 4 aromatic rings. The van der Waals surface area contributed by atoms with E-state index in [1.807, 2.05) is 19.1 Å². The van der Waals surface area contributed by atoms with Crippen molar-refractivity contribution >= 4 is 10.9 Å². The lowest BCUT2D eigenvalue weighted by molar-refractivity contribution is 0.343. The number of H-pyrrole nitrogens is 1. The highest BCUT2D eigenvalue weighted by molar-refractivity contribution is 5.89. The van der Waals surface area contributed by atoms with Gasteiger partial charge in [-0.2, -0.15) is 5.10 Å². The van der Waals surface area contributed by atoms with Crippen molar-refractivity contribution in [2.45, 2.75) is 6.92 Å². The van der Waals surface area contributed by atoms with Gasteiger partial charge in [-0.3, -0.25) is 9.67 Å². The maximum absolute atomic E-state index is 10.5. The Morgan fingerprint density at radius 2 is 2.00 bits per heavy atom. The molecule has 4 heterocycles. The minimum atomic E-state index is 0.119. The predicted octanol–water partition coefficient (Wildman–Crippen LogP) is 2.84. The lowest BCUT2D eigenvalue weighted by Crippen LogP contribution is -1.96. The molecule has 0 amide bonds. The van der Waals surface area contributed by atoms with Gasteiger partial charge in [0.25, 0.3) is 5.88 Å². The average Bonchev–Trinajstić information content (AvgIpc) is 3.29. The first kappa shape index (κ1) is 15.9. The third-order valence-corrected chi connectivity index (χ3v) is 4.23. The SMILES string of the molecule is COc1cc(-c2nc3cn(-c4cn[nH]c4)c(O)c3cc2C)cnc1OC. The Kier molecular flexibility index (Phi) is 3.72. The van der Waals surface area contributed by atoms with Crippen molar-refractivity contribution in [2.24, 2.45) is 0 Å². The van der Waals surface area contributed by atoms with Crippen LogP contribution in [0.1, 0.15) is 5.56 Å². The van der Waals surface area contributed by atoms with E-state index in [1.165, 1.54) is 0 Å². The van der Waals surface area contributed by atoms with Gasteiger partial charge < -0.3 is 14.6 Å². The van der Waals surface area contributed by atoms with E-state index in [0.29, 0.717) is 22.5 Å². The quantitative estimate of drug-likeness (QED) is 0.587. The number of rotatable bonds is 4. The van der Waals surface area contributed by atoms with Crippen LogP contribution in [-0.4, -0.2) is 44.1 Å². The molecule has 4 aromatic heterocycles. The number of aromatic nitrogens is 5. The summed E-state index contributed by atoms with van der Waals surface area (Å²) < 4.78 is 12.2. The van der Waals surface area contributed by atoms with Gasteiger partial charge in [-0.05, 0) is 24.6 Å². The van der Waals surface area contributed by atoms with E-state index in [-0.39, 0.29) is 5.88 Å². The standard InChI is InChI=1S/C18H17N5O3/c1-10-4-13-14(9-23(18(13)24)12-7-20-21-8-12)22-16(10)11-5-15(25-2)17(26-3)19-6-11/h4-9,24H,1-3H3,(H,20,21). The van der Waals surface area contributed by atoms with E-state index < -0.39 is 0 Å². The Labute approximate surface area is 149 Å². The molecule has 8 nitrogen and oxygen atoms in total. The van der Waals surface area contributed by atoms with Crippen LogP contribution in [-0.2, 0) is 0 Å². The molecule has 0 saturated carbocycles. The molecule has 0 saturated heterocycles. The average molecular weight is 351 g/mol. The molecule has 0 spiro atoms. The molecule has 0 unspecified atom stereocenters. The number of aryl methyl sites for hydroxylation is 1. The summed E-state index contributed by atoms with van der Waals surface area (Å²) in [6.07, 6.45) is 6.79. The van der Waals surface area contributed by atoms with Crippen molar-refractivity contribution in [3.63, 3.8) is 0 Å². The second kappa shape index (κ2) is 6.07. The van der Waals surface area contributed by atoms with Crippen LogP contribution in [0.5, 0.6) is 17.5 Å². The van der Waals surface area contributed by atoms with Crippen LogP contribution in [0, 0.1) is 6.92 Å². The molecule has 0 aliphatic rings. The molecule has 0 radical (unpaired) electrons. The largest absolute Gasteiger partial charge is 0.494 e. The van der Waals surface area contributed by atoms with Crippen LogP contribution in [0.3, 0.4) is 0 Å². The van der Waals surface area contributed by atoms with Gasteiger partial charge in [0.05, 0.1) is 42.7 Å². The Morgan fingerprint density at radius 3 is 2.69 bits per heavy atom. The predicted molar refractivity (Wildman–Crippen MR) is 96.0 cm³/mol. The fourth-order valence-electron chi connectivity index (χ4n) is 2.94. The van der Waals surface area contributed by atoms with Crippen LogP contribution < -0.4 is 9.47 Å². The van der Waals surface area contributed by atoms with Gasteiger partial charge in [0.2, 0.25) is 5.88 Å². The van der Waals surface area contributed by atoms with Crippen LogP contribution in [0.25, 0.3) is 27.8 Å². The normalized spacial score (nSPS) is 11.0. The monoisotopic (exact) mass is 351 g/mol. The molecule has 132 valence electrons. The first-order valence-electron chi connectivity index (χ1n) is 7.91. The lowest BCUT2D eigenvalue weighted by Gasteiger charge is -2.10. The molecular formula is C18H17N5O3. The molecule has 2 N–H and O–H groups in total. The summed E-state index contributed by atoms with van der Waals surface area (Å²) in [5.41, 5.74) is 3.87. The number of hydrogen-bond donors (Lipinski definition) is 2. The highest BCUT2D eigenvalue weighted by atomic mass is 16.5. The second-order valence-electron chi connectivity index (χ2n) is 5.80. The van der Waals surface area contributed by atoms with Gasteiger partial charge in [-0.1, -0.05) is 0 Å². The molecule has 0 aromatic carbocycles. The maximum atomic E-state index is 10.5. The first-order valence-corrected chi connectivity index (χ1v) is 7.91. The number of ether oxygens (including phenoxy) is 2. The lowest BCUT2D eigenvalue weighted by atomic mass is 10.1. The van der Waals surface area contributed by atoms with E-state index in [1.54, 1.807) is 43.6 Å². The summed E-state index contributed by atoms with van der Waals surface area (Å²) in [7, 11) is 3.11. The van der Waals surface area contributed by atoms with Gasteiger partial charge in [-0.15, -0.1) is 0 Å². The first-order chi connectivity index (χ1) is 12.6. The summed E-state index contributed by atoms with van der Waals surface area (Å²) in [5.74, 6) is 1.07. The summed E-state index contributed by atoms with van der Waals surface area (Å²) >= 11 is 0. The Bertz CT molecular complexity index is 1090. The molecule has 0 atom stereocenters. The van der Waals surface area contributed by atoms with Crippen LogP contribution in [0.15, 0.2) is 36.9 Å². The second-order valence-corrected chi connectivity index (χ2v) is 5.80. The third kappa shape index (κ3) is 2.43. The number of methoxy groups -OCH3 is 2. The summed E-state index contributed by atoms with van der Waals surface area (Å²) in [6, 6.07) is 3.74. The summed E-state index contributed by atoms with van der Waals surface area (Å²) in [5, 5.41) is 17.8. The zero-order chi connectivity index (χ0) is 18.3. The van der Waals surface area contributed by atoms with Crippen LogP contribution in [0.2, 0.25) is 0 Å². The Morgan fingerprint density at radius 1 is 1.15 bits per heavy atom. The summed E-state index contributed by atoms with van der Waals surface area (Å²) in [4.78, 5) is 8.99. The molecule has 4 rings (SSSR count). The minimum absolute atomic E-state index is 0.119. The van der Waals surface area contributed by atoms with Crippen molar-refractivity contribution < 1.29 is 14.6 Å². The van der Waals surface area contributed by atoms with Crippen molar-refractivity contribution in [3.05, 3.63) is 42.5 Å². The number of nitrogens with zero attached hydrogens (tertiary/aromatic N) is 4. The number of aromatic hydroxyl groups is 1. The van der Waals surface area contributed by atoms with Crippen LogP contribution in [0.4, 0.5) is 0 Å². The van der Waals surface area contributed by atoms with E-state index in [0.717, 1.165) is 22.5 Å². The van der Waals surface area contributed by atoms with Gasteiger partial charge in [0, 0.05) is 24.2 Å². The zero-order valence-corrected chi connectivity index (χ0v) is 14.5. The van der Waals surface area contributed by atoms with Gasteiger partial charge >= 0.3 is 0 Å². The van der Waals surface area contributed by atoms with Crippen molar-refractivity contribution in [3.8, 4) is 34.5 Å². The van der Waals surface area contributed by atoms with Crippen LogP contribution >= 0.6 is 0 Å². The number of aromatic amines is 1. The molecule has 0 bridgehead atoms. The number of nitrogens with one attached hydrogen (secondary N) is 1. The van der Waals surface area contributed by atoms with E-state index in [2.05, 4.69) is 15.2 Å². The number of fused-ring (bicyclic) bond motifs is 1. The number of hydrogen-bond acceptors (Lipinski definition) is 6. The Hall–Kier alpha value is -3.55. The molecule has 0 fully saturated rings.